The lowest BCUT2D eigenvalue weighted by atomic mass is 10.0. The van der Waals surface area contributed by atoms with Gasteiger partial charge in [-0.15, -0.1) is 0 Å². The maximum Gasteiger partial charge on any atom is 0.354 e. The Hall–Kier alpha value is -3.21. The molecule has 1 amide bonds. The maximum absolute atomic E-state index is 12.7. The summed E-state index contributed by atoms with van der Waals surface area (Å²) in [5.74, 6) is 0.577. The topological polar surface area (TPSA) is 140 Å². The first-order valence-electron chi connectivity index (χ1n) is 13.0. The van der Waals surface area contributed by atoms with Gasteiger partial charge in [-0.05, 0) is 76.7 Å². The van der Waals surface area contributed by atoms with Gasteiger partial charge >= 0.3 is 5.69 Å². The number of carbonyl (C=O) groups is 1. The van der Waals surface area contributed by atoms with Crippen LogP contribution in [0.2, 0.25) is 0 Å². The van der Waals surface area contributed by atoms with Gasteiger partial charge in [0.05, 0.1) is 11.2 Å². The number of amides is 1. The van der Waals surface area contributed by atoms with Crippen molar-refractivity contribution in [3.63, 3.8) is 0 Å². The zero-order chi connectivity index (χ0) is 27.0. The molecule has 202 valence electrons. The van der Waals surface area contributed by atoms with Crippen molar-refractivity contribution in [2.24, 2.45) is 17.2 Å². The first-order chi connectivity index (χ1) is 17.6. The number of allylic oxidation sites excluding steroid dienone is 1. The van der Waals surface area contributed by atoms with Crippen LogP contribution in [0.15, 0.2) is 53.6 Å². The predicted molar refractivity (Wildman–Crippen MR) is 148 cm³/mol. The number of nitrogens with zero attached hydrogens (tertiary/aromatic N) is 5. The highest BCUT2D eigenvalue weighted by Crippen LogP contribution is 2.17. The summed E-state index contributed by atoms with van der Waals surface area (Å²) >= 11 is 0. The molecule has 2 aliphatic heterocycles. The van der Waals surface area contributed by atoms with Crippen molar-refractivity contribution in [1.29, 1.82) is 0 Å². The van der Waals surface area contributed by atoms with Gasteiger partial charge in [-0.3, -0.25) is 14.3 Å². The highest BCUT2D eigenvalue weighted by molar-refractivity contribution is 5.85. The zero-order valence-corrected chi connectivity index (χ0v) is 22.3. The third-order valence-electron chi connectivity index (χ3n) is 6.68. The van der Waals surface area contributed by atoms with Crippen LogP contribution in [0.25, 0.3) is 5.69 Å². The van der Waals surface area contributed by atoms with E-state index in [4.69, 9.17) is 17.2 Å². The molecule has 2 saturated heterocycles. The van der Waals surface area contributed by atoms with Gasteiger partial charge in [0.2, 0.25) is 5.91 Å². The van der Waals surface area contributed by atoms with Crippen molar-refractivity contribution >= 4 is 11.7 Å². The van der Waals surface area contributed by atoms with Gasteiger partial charge < -0.3 is 27.0 Å². The Morgan fingerprint density at radius 1 is 1.05 bits per heavy atom. The Balaban J connectivity index is 0.000000886. The lowest BCUT2D eigenvalue weighted by Gasteiger charge is -2.37. The van der Waals surface area contributed by atoms with Gasteiger partial charge in [0.15, 0.2) is 0 Å². The molecule has 0 spiro atoms. The fourth-order valence-corrected chi connectivity index (χ4v) is 4.44. The molecule has 0 aliphatic carbocycles. The predicted octanol–water partition coefficient (Wildman–Crippen LogP) is 1.02. The van der Waals surface area contributed by atoms with Crippen LogP contribution >= 0.6 is 0 Å². The van der Waals surface area contributed by atoms with Crippen LogP contribution in [0.5, 0.6) is 0 Å². The fraction of sp³-hybridized carbons (Fsp3) is 0.519. The van der Waals surface area contributed by atoms with Gasteiger partial charge in [-0.25, -0.2) is 4.79 Å². The van der Waals surface area contributed by atoms with E-state index in [1.165, 1.54) is 11.8 Å². The highest BCUT2D eigenvalue weighted by Gasteiger charge is 2.30. The minimum atomic E-state index is -0.877. The number of hydrogen-bond donors (Lipinski definition) is 3. The van der Waals surface area contributed by atoms with Crippen molar-refractivity contribution in [3.05, 3.63) is 64.9 Å². The SMILES string of the molecule is CC(C)(N)C(=O)N1CCN(c2ccn(-c3ccc(CN4CCC(N)CC4)cc3)c(=O)n2)CC1.CC=CN. The second-order valence-electron chi connectivity index (χ2n) is 10.2. The monoisotopic (exact) mass is 510 g/mol. The van der Waals surface area contributed by atoms with E-state index in [0.29, 0.717) is 38.0 Å². The molecule has 2 fully saturated rings. The summed E-state index contributed by atoms with van der Waals surface area (Å²) in [5.41, 5.74) is 17.6. The number of rotatable bonds is 5. The van der Waals surface area contributed by atoms with E-state index in [1.54, 1.807) is 35.6 Å². The molecular formula is C27H42N8O2. The molecule has 0 saturated carbocycles. The van der Waals surface area contributed by atoms with Crippen molar-refractivity contribution in [2.45, 2.75) is 51.7 Å². The number of likely N-dealkylation sites (tertiary alicyclic amines) is 1. The molecule has 2 aromatic rings. The molecule has 3 heterocycles. The molecule has 0 bridgehead atoms. The van der Waals surface area contributed by atoms with E-state index in [9.17, 15) is 9.59 Å². The van der Waals surface area contributed by atoms with Crippen LogP contribution in [0.3, 0.4) is 0 Å². The number of piperazine rings is 1. The number of nitrogens with two attached hydrogens (primary N) is 3. The number of benzene rings is 1. The molecule has 2 aliphatic rings. The number of aromatic nitrogens is 2. The minimum absolute atomic E-state index is 0.0576. The maximum atomic E-state index is 12.7. The molecule has 0 atom stereocenters. The van der Waals surface area contributed by atoms with Crippen LogP contribution in [0, 0.1) is 0 Å². The third kappa shape index (κ3) is 7.88. The largest absolute Gasteiger partial charge is 0.405 e. The van der Waals surface area contributed by atoms with Crippen LogP contribution in [-0.2, 0) is 11.3 Å². The number of piperidine rings is 1. The highest BCUT2D eigenvalue weighted by atomic mass is 16.2. The first kappa shape index (κ1) is 28.4. The fourth-order valence-electron chi connectivity index (χ4n) is 4.44. The smallest absolute Gasteiger partial charge is 0.354 e. The first-order valence-corrected chi connectivity index (χ1v) is 13.0. The van der Waals surface area contributed by atoms with Gasteiger partial charge in [-0.2, -0.15) is 4.98 Å². The second kappa shape index (κ2) is 12.8. The number of hydrogen-bond acceptors (Lipinski definition) is 8. The Labute approximate surface area is 219 Å². The van der Waals surface area contributed by atoms with E-state index in [2.05, 4.69) is 22.0 Å². The average Bonchev–Trinajstić information content (AvgIpc) is 2.90. The van der Waals surface area contributed by atoms with Gasteiger partial charge in [0.1, 0.15) is 5.82 Å². The molecule has 0 unspecified atom stereocenters. The summed E-state index contributed by atoms with van der Waals surface area (Å²) in [6.07, 6.45) is 7.13. The molecule has 10 nitrogen and oxygen atoms in total. The molecular weight excluding hydrogens is 468 g/mol. The van der Waals surface area contributed by atoms with Crippen molar-refractivity contribution in [2.75, 3.05) is 44.2 Å². The van der Waals surface area contributed by atoms with Gasteiger partial charge in [-0.1, -0.05) is 18.2 Å². The van der Waals surface area contributed by atoms with E-state index < -0.39 is 5.54 Å². The normalized spacial score (nSPS) is 17.5. The number of anilines is 1. The minimum Gasteiger partial charge on any atom is -0.405 e. The van der Waals surface area contributed by atoms with Crippen molar-refractivity contribution in [3.8, 4) is 5.69 Å². The summed E-state index contributed by atoms with van der Waals surface area (Å²) in [4.78, 5) is 35.6. The Kier molecular flexibility index (Phi) is 9.85. The zero-order valence-electron chi connectivity index (χ0n) is 22.3. The van der Waals surface area contributed by atoms with Crippen LogP contribution < -0.4 is 27.8 Å². The summed E-state index contributed by atoms with van der Waals surface area (Å²) in [6.45, 7) is 10.6. The lowest BCUT2D eigenvalue weighted by Crippen LogP contribution is -2.57. The Bertz CT molecular complexity index is 1090. The summed E-state index contributed by atoms with van der Waals surface area (Å²) in [5, 5.41) is 0. The molecule has 6 N–H and O–H groups in total. The summed E-state index contributed by atoms with van der Waals surface area (Å²) in [7, 11) is 0. The quantitative estimate of drug-likeness (QED) is 0.542. The van der Waals surface area contributed by atoms with E-state index in [1.807, 2.05) is 30.0 Å². The molecule has 37 heavy (non-hydrogen) atoms. The standard InChI is InChI=1S/C24H35N7O2.C3H7N/c1-24(2,26)22(32)30-15-13-29(14-16-30)21-9-12-31(23(33)27-21)20-5-3-18(4-6-20)17-28-10-7-19(25)8-11-28;1-2-3-4/h3-6,9,12,19H,7-8,10-11,13-17,25-26H2,1-2H3;2-3H,4H2,1H3. The van der Waals surface area contributed by atoms with Gasteiger partial charge in [0.25, 0.3) is 0 Å². The van der Waals surface area contributed by atoms with Crippen LogP contribution in [-0.4, -0.2) is 76.1 Å². The lowest BCUT2D eigenvalue weighted by molar-refractivity contribution is -0.136. The Morgan fingerprint density at radius 2 is 1.65 bits per heavy atom. The van der Waals surface area contributed by atoms with E-state index in [-0.39, 0.29) is 11.6 Å². The molecule has 0 radical (unpaired) electrons. The number of carbonyl (C=O) groups excluding carboxylic acids is 1. The summed E-state index contributed by atoms with van der Waals surface area (Å²) in [6, 6.07) is 10.3. The summed E-state index contributed by atoms with van der Waals surface area (Å²) < 4.78 is 1.56. The van der Waals surface area contributed by atoms with Crippen molar-refractivity contribution < 1.29 is 4.79 Å². The molecule has 1 aromatic carbocycles. The van der Waals surface area contributed by atoms with Gasteiger partial charge in [0, 0.05) is 45.0 Å². The van der Waals surface area contributed by atoms with Crippen molar-refractivity contribution in [1.82, 2.24) is 19.4 Å². The van der Waals surface area contributed by atoms with Crippen LogP contribution in [0.4, 0.5) is 5.82 Å². The molecule has 4 rings (SSSR count). The second-order valence-corrected chi connectivity index (χ2v) is 10.2. The molecule has 1 aromatic heterocycles. The Morgan fingerprint density at radius 3 is 2.16 bits per heavy atom. The molecule has 10 heteroatoms. The van der Waals surface area contributed by atoms with E-state index in [0.717, 1.165) is 38.2 Å². The third-order valence-corrected chi connectivity index (χ3v) is 6.68. The van der Waals surface area contributed by atoms with E-state index >= 15 is 0 Å². The average molecular weight is 511 g/mol. The van der Waals surface area contributed by atoms with Crippen LogP contribution in [0.1, 0.15) is 39.2 Å².